The van der Waals surface area contributed by atoms with Crippen molar-refractivity contribution >= 4 is 46.6 Å². The first kappa shape index (κ1) is 63.7. The van der Waals surface area contributed by atoms with E-state index in [-0.39, 0.29) is 72.0 Å². The van der Waals surface area contributed by atoms with Crippen LogP contribution in [0.2, 0.25) is 5.02 Å². The summed E-state index contributed by atoms with van der Waals surface area (Å²) >= 11 is 6.12. The maximum Gasteiger partial charge on any atom is 1.00 e. The van der Waals surface area contributed by atoms with Crippen molar-refractivity contribution in [3.05, 3.63) is 115 Å². The molecule has 76 heavy (non-hydrogen) atoms. The molecule has 0 aromatic heterocycles. The second-order valence-corrected chi connectivity index (χ2v) is 20.1. The summed E-state index contributed by atoms with van der Waals surface area (Å²) in [5.74, 6) is -0.152. The molecular formula is C58H78ClLiN6O10-2. The van der Waals surface area contributed by atoms with Gasteiger partial charge in [-0.3, -0.25) is 19.2 Å². The third-order valence-electron chi connectivity index (χ3n) is 12.9. The summed E-state index contributed by atoms with van der Waals surface area (Å²) in [5, 5.41) is 19.8. The maximum absolute atomic E-state index is 13.2. The zero-order valence-electron chi connectivity index (χ0n) is 45.4. The van der Waals surface area contributed by atoms with Crippen molar-refractivity contribution < 1.29 is 66.5 Å². The van der Waals surface area contributed by atoms with E-state index in [9.17, 15) is 24.4 Å². The maximum atomic E-state index is 13.2. The van der Waals surface area contributed by atoms with Crippen molar-refractivity contribution in [2.75, 3.05) is 116 Å². The van der Waals surface area contributed by atoms with Crippen LogP contribution in [0.5, 0.6) is 0 Å². The third-order valence-corrected chi connectivity index (χ3v) is 13.1. The Kier molecular flexibility index (Phi) is 28.1. The molecule has 0 spiro atoms. The molecule has 1 saturated carbocycles. The Balaban J connectivity index is 0.00000198. The second-order valence-electron chi connectivity index (χ2n) is 19.6. The Morgan fingerprint density at radius 1 is 0.750 bits per heavy atom. The van der Waals surface area contributed by atoms with Gasteiger partial charge in [0.1, 0.15) is 11.6 Å². The van der Waals surface area contributed by atoms with Crippen LogP contribution < -0.4 is 39.7 Å². The van der Waals surface area contributed by atoms with Crippen LogP contribution in [-0.4, -0.2) is 140 Å². The molecule has 16 nitrogen and oxygen atoms in total. The SMILES string of the molecule is [CH2-]C(C)(C)/C=C(\C#N)C(=O)N1CC(C(=O)NCCOCCOCCOCCOCCOCCNC(=O)c2ccc(-c3ccc4c(c3)[C@H](Nc3ccc(Cl)cc3)C[C@H](C)N4C(C)=O)cc2)CC(C2CC2)C1.[CH2-]COC[CH2-].[Li+]. The van der Waals surface area contributed by atoms with Crippen LogP contribution in [0.25, 0.3) is 11.1 Å². The van der Waals surface area contributed by atoms with Gasteiger partial charge in [0, 0.05) is 61.1 Å². The van der Waals surface area contributed by atoms with Gasteiger partial charge in [-0.05, 0) is 110 Å². The Bertz CT molecular complexity index is 2340. The van der Waals surface area contributed by atoms with E-state index in [1.54, 1.807) is 17.9 Å². The van der Waals surface area contributed by atoms with Gasteiger partial charge < -0.3 is 74.9 Å². The number of ether oxygens (including phenoxy) is 6. The molecule has 4 amide bonds. The first-order valence-corrected chi connectivity index (χ1v) is 26.4. The van der Waals surface area contributed by atoms with E-state index in [0.717, 1.165) is 53.7 Å². The Labute approximate surface area is 468 Å². The molecule has 3 aromatic carbocycles. The van der Waals surface area contributed by atoms with E-state index >= 15 is 0 Å². The minimum absolute atomic E-state index is 0. The number of anilines is 2. The number of carbonyl (C=O) groups is 4. The summed E-state index contributed by atoms with van der Waals surface area (Å²) in [4.78, 5) is 55.4. The molecule has 6 rings (SSSR count). The topological polar surface area (TPSA) is 190 Å². The predicted molar refractivity (Wildman–Crippen MR) is 292 cm³/mol. The van der Waals surface area contributed by atoms with Gasteiger partial charge in [-0.2, -0.15) is 5.26 Å². The number of allylic oxidation sites excluding steroid dienone is 1. The average Bonchev–Trinajstić information content (AvgIpc) is 4.25. The Morgan fingerprint density at radius 3 is 1.82 bits per heavy atom. The quantitative estimate of drug-likeness (QED) is 0.0288. The molecule has 2 heterocycles. The van der Waals surface area contributed by atoms with Gasteiger partial charge in [0.2, 0.25) is 11.8 Å². The van der Waals surface area contributed by atoms with Crippen molar-refractivity contribution in [1.82, 2.24) is 15.5 Å². The number of fused-ring (bicyclic) bond motifs is 1. The summed E-state index contributed by atoms with van der Waals surface area (Å²) in [6.07, 6.45) is 5.32. The van der Waals surface area contributed by atoms with Crippen LogP contribution in [0, 0.1) is 55.3 Å². The number of nitrogens with one attached hydrogen (secondary N) is 3. The monoisotopic (exact) mass is 1060 g/mol. The second kappa shape index (κ2) is 33.5. The van der Waals surface area contributed by atoms with Gasteiger partial charge in [-0.25, -0.2) is 0 Å². The summed E-state index contributed by atoms with van der Waals surface area (Å²) < 4.78 is 32.6. The summed E-state index contributed by atoms with van der Waals surface area (Å²) in [6.45, 7) is 24.7. The predicted octanol–water partition coefficient (Wildman–Crippen LogP) is 5.09. The average molecular weight is 1060 g/mol. The van der Waals surface area contributed by atoms with E-state index in [0.29, 0.717) is 122 Å². The molecular weight excluding hydrogens is 983 g/mol. The third kappa shape index (κ3) is 21.6. The number of nitrogens with zero attached hydrogens (tertiary/aromatic N) is 3. The number of nitriles is 1. The molecule has 1 aliphatic carbocycles. The molecule has 410 valence electrons. The number of hydrogen-bond acceptors (Lipinski definition) is 12. The molecule has 4 atom stereocenters. The van der Waals surface area contributed by atoms with Crippen molar-refractivity contribution in [2.24, 2.45) is 23.2 Å². The van der Waals surface area contributed by atoms with Crippen LogP contribution in [0.3, 0.4) is 0 Å². The molecule has 3 aromatic rings. The molecule has 0 bridgehead atoms. The van der Waals surface area contributed by atoms with Crippen LogP contribution in [-0.2, 0) is 42.8 Å². The van der Waals surface area contributed by atoms with Crippen LogP contribution >= 0.6 is 11.6 Å². The van der Waals surface area contributed by atoms with Crippen molar-refractivity contribution in [2.45, 2.75) is 65.5 Å². The largest absolute Gasteiger partial charge is 1.00 e. The normalized spacial score (nSPS) is 18.3. The number of benzene rings is 3. The van der Waals surface area contributed by atoms with Crippen molar-refractivity contribution in [1.29, 1.82) is 5.26 Å². The zero-order valence-corrected chi connectivity index (χ0v) is 46.1. The summed E-state index contributed by atoms with van der Waals surface area (Å²) in [5.41, 5.74) is 4.88. The number of halogens is 1. The van der Waals surface area contributed by atoms with Gasteiger partial charge in [0.15, 0.2) is 0 Å². The van der Waals surface area contributed by atoms with E-state index < -0.39 is 5.41 Å². The molecule has 2 aliphatic heterocycles. The molecule has 1 saturated heterocycles. The molecule has 2 unspecified atom stereocenters. The number of carbonyl (C=O) groups excluding carboxylic acids is 4. The summed E-state index contributed by atoms with van der Waals surface area (Å²) in [6, 6.07) is 23.3. The van der Waals surface area contributed by atoms with Crippen LogP contribution in [0.4, 0.5) is 11.4 Å². The molecule has 3 aliphatic rings. The molecule has 3 N–H and O–H groups in total. The standard InChI is InChI=1S/C54H70ClN6O9.C4H8O.Li/c1-37-30-49(59-47-15-13-46(55)14-16-47)48-32-42(12-17-50(48)61(37)38(2)62)39-8-10-41(11-9-39)51(63)57-18-20-66-22-24-68-26-28-70-29-27-69-25-23-67-21-19-58-52(64)44-31-43(40-6-7-40)35-60(36-44)53(65)45(34-56)33-54(3,4)5;1-3-5-4-2;/h8-17,32-33,37,40,43-44,49,59H,3,6-7,18-31,35-36H2,1-2,4-5H3,(H,57,63)(H,58,64);1-4H2;/q-1;-2;+1/b45-33+;;/t37-,43?,44?,49+;;/m0../s1. The van der Waals surface area contributed by atoms with Crippen LogP contribution in [0.15, 0.2) is 78.4 Å². The Hall–Kier alpha value is -4.78. The van der Waals surface area contributed by atoms with Gasteiger partial charge >= 0.3 is 18.9 Å². The van der Waals surface area contributed by atoms with Crippen molar-refractivity contribution in [3.8, 4) is 17.2 Å². The fourth-order valence-electron chi connectivity index (χ4n) is 9.14. The van der Waals surface area contributed by atoms with Gasteiger partial charge in [-0.1, -0.05) is 62.9 Å². The molecule has 2 fully saturated rings. The minimum Gasteiger partial charge on any atom is -0.445 e. The Morgan fingerprint density at radius 2 is 1.30 bits per heavy atom. The van der Waals surface area contributed by atoms with Crippen molar-refractivity contribution in [3.63, 3.8) is 0 Å². The zero-order chi connectivity index (χ0) is 54.2. The summed E-state index contributed by atoms with van der Waals surface area (Å²) in [7, 11) is 0. The van der Waals surface area contributed by atoms with Gasteiger partial charge in [0.05, 0.1) is 78.0 Å². The van der Waals surface area contributed by atoms with Gasteiger partial charge in [0.25, 0.3) is 11.8 Å². The van der Waals surface area contributed by atoms with E-state index in [2.05, 4.69) is 54.4 Å². The smallest absolute Gasteiger partial charge is 0.445 e. The minimum atomic E-state index is -0.553. The number of likely N-dealkylation sites (tertiary alicyclic amines) is 1. The number of amides is 4. The van der Waals surface area contributed by atoms with E-state index in [1.807, 2.05) is 85.5 Å². The number of piperidine rings is 1. The first-order chi connectivity index (χ1) is 36.1. The number of hydrogen-bond donors (Lipinski definition) is 3. The fourth-order valence-corrected chi connectivity index (χ4v) is 9.27. The number of rotatable bonds is 28. The van der Waals surface area contributed by atoms with Crippen LogP contribution in [0.1, 0.15) is 75.3 Å². The molecule has 18 heteroatoms. The van der Waals surface area contributed by atoms with E-state index in [4.69, 9.17) is 35.3 Å². The first-order valence-electron chi connectivity index (χ1n) is 26.1. The fraction of sp³-hybridized carbons (Fsp3) is 0.517. The van der Waals surface area contributed by atoms with E-state index in [1.165, 1.54) is 0 Å². The molecule has 0 radical (unpaired) electrons. The van der Waals surface area contributed by atoms with Gasteiger partial charge in [-0.15, -0.1) is 5.41 Å².